The number of hydrogen-bond acceptors (Lipinski definition) is 3. The summed E-state index contributed by atoms with van der Waals surface area (Å²) in [5.41, 5.74) is -0.371. The van der Waals surface area contributed by atoms with E-state index < -0.39 is 0 Å². The van der Waals surface area contributed by atoms with Gasteiger partial charge in [0.25, 0.3) is 0 Å². The van der Waals surface area contributed by atoms with Crippen molar-refractivity contribution in [2.45, 2.75) is 13.3 Å². The molecule has 1 rings (SSSR count). The first kappa shape index (κ1) is 8.85. The molecule has 0 bridgehead atoms. The Balaban J connectivity index is 2.65. The van der Waals surface area contributed by atoms with Gasteiger partial charge in [0.2, 0.25) is 5.91 Å². The van der Waals surface area contributed by atoms with E-state index in [9.17, 15) is 4.79 Å². The summed E-state index contributed by atoms with van der Waals surface area (Å²) in [6.45, 7) is 3.13. The van der Waals surface area contributed by atoms with Crippen LogP contribution in [-0.4, -0.2) is 30.9 Å². The summed E-state index contributed by atoms with van der Waals surface area (Å²) in [5.74, 6) is 0.0280. The highest BCUT2D eigenvalue weighted by atomic mass is 16.2. The lowest BCUT2D eigenvalue weighted by Gasteiger charge is -2.20. The lowest BCUT2D eigenvalue weighted by Crippen LogP contribution is -2.38. The number of nitriles is 1. The minimum Gasteiger partial charge on any atom is -0.359 e. The molecule has 0 aliphatic carbocycles. The smallest absolute Gasteiger partial charge is 0.227 e. The second kappa shape index (κ2) is 3.02. The number of nitrogens with zero attached hydrogens (tertiary/aromatic N) is 2. The van der Waals surface area contributed by atoms with E-state index in [1.54, 1.807) is 11.9 Å². The van der Waals surface area contributed by atoms with E-state index >= 15 is 0 Å². The number of carbonyl (C=O) groups excluding carboxylic acids is 1. The molecule has 1 aliphatic rings. The van der Waals surface area contributed by atoms with Crippen LogP contribution in [0.5, 0.6) is 0 Å². The fraction of sp³-hybridized carbons (Fsp3) is 0.750. The van der Waals surface area contributed by atoms with Gasteiger partial charge in [0.1, 0.15) is 0 Å². The number of amides is 1. The fourth-order valence-corrected chi connectivity index (χ4v) is 1.53. The predicted octanol–water partition coefficient (Wildman–Crippen LogP) is -0.0745. The summed E-state index contributed by atoms with van der Waals surface area (Å²) >= 11 is 0. The van der Waals surface area contributed by atoms with Crippen LogP contribution in [0.1, 0.15) is 13.3 Å². The normalized spacial score (nSPS) is 28.2. The molecule has 0 saturated carbocycles. The molecule has 4 heteroatoms. The Kier molecular flexibility index (Phi) is 2.22. The van der Waals surface area contributed by atoms with Gasteiger partial charge >= 0.3 is 0 Å². The zero-order chi connectivity index (χ0) is 9.19. The maximum atomic E-state index is 11.4. The minimum absolute atomic E-state index is 0.0280. The summed E-state index contributed by atoms with van der Waals surface area (Å²) in [5, 5.41) is 11.2. The van der Waals surface area contributed by atoms with Gasteiger partial charge < -0.3 is 10.2 Å². The third-order valence-corrected chi connectivity index (χ3v) is 2.39. The van der Waals surface area contributed by atoms with Crippen molar-refractivity contribution in [2.75, 3.05) is 20.1 Å². The highest BCUT2D eigenvalue weighted by molar-refractivity contribution is 5.82. The molecule has 12 heavy (non-hydrogen) atoms. The maximum absolute atomic E-state index is 11.4. The highest BCUT2D eigenvalue weighted by Gasteiger charge is 2.39. The first-order valence-electron chi connectivity index (χ1n) is 3.99. The van der Waals surface area contributed by atoms with Crippen molar-refractivity contribution in [1.82, 2.24) is 10.2 Å². The van der Waals surface area contributed by atoms with E-state index in [0.29, 0.717) is 13.1 Å². The van der Waals surface area contributed by atoms with Crippen LogP contribution in [-0.2, 0) is 4.79 Å². The van der Waals surface area contributed by atoms with Crippen molar-refractivity contribution < 1.29 is 4.79 Å². The largest absolute Gasteiger partial charge is 0.359 e. The third-order valence-electron chi connectivity index (χ3n) is 2.39. The van der Waals surface area contributed by atoms with Crippen LogP contribution in [0.3, 0.4) is 0 Å². The van der Waals surface area contributed by atoms with E-state index in [4.69, 9.17) is 5.26 Å². The van der Waals surface area contributed by atoms with Gasteiger partial charge in [-0.1, -0.05) is 0 Å². The average Bonchev–Trinajstić information content (AvgIpc) is 2.47. The van der Waals surface area contributed by atoms with Gasteiger partial charge in [0.05, 0.1) is 5.41 Å². The van der Waals surface area contributed by atoms with Crippen LogP contribution in [0, 0.1) is 16.9 Å². The average molecular weight is 167 g/mol. The number of nitrogens with one attached hydrogen (secondary N) is 1. The molecule has 1 saturated heterocycles. The molecule has 1 aliphatic heterocycles. The second-order valence-corrected chi connectivity index (χ2v) is 3.41. The van der Waals surface area contributed by atoms with Gasteiger partial charge in [-0.05, 0) is 13.3 Å². The molecular formula is C8H13N3O. The molecule has 0 aromatic carbocycles. The molecule has 0 aromatic rings. The van der Waals surface area contributed by atoms with Gasteiger partial charge in [-0.2, -0.15) is 5.26 Å². The molecular weight excluding hydrogens is 154 g/mol. The summed E-state index contributed by atoms with van der Waals surface area (Å²) < 4.78 is 0. The Morgan fingerprint density at radius 1 is 1.75 bits per heavy atom. The van der Waals surface area contributed by atoms with Crippen molar-refractivity contribution >= 4 is 5.91 Å². The Labute approximate surface area is 72.2 Å². The molecule has 1 unspecified atom stereocenters. The van der Waals surface area contributed by atoms with Crippen LogP contribution in [0.2, 0.25) is 0 Å². The molecule has 1 heterocycles. The molecule has 0 aromatic heterocycles. The van der Waals surface area contributed by atoms with Gasteiger partial charge in [-0.15, -0.1) is 0 Å². The van der Waals surface area contributed by atoms with Crippen LogP contribution in [0.25, 0.3) is 0 Å². The fourth-order valence-electron chi connectivity index (χ4n) is 1.53. The van der Waals surface area contributed by atoms with Gasteiger partial charge in [0.15, 0.2) is 6.19 Å². The van der Waals surface area contributed by atoms with Gasteiger partial charge in [-0.3, -0.25) is 4.79 Å². The molecule has 66 valence electrons. The zero-order valence-electron chi connectivity index (χ0n) is 7.42. The maximum Gasteiger partial charge on any atom is 0.227 e. The summed E-state index contributed by atoms with van der Waals surface area (Å²) in [6.07, 6.45) is 2.82. The molecule has 1 atom stereocenters. The number of carbonyl (C=O) groups is 1. The Bertz CT molecular complexity index is 233. The first-order valence-corrected chi connectivity index (χ1v) is 3.99. The summed E-state index contributed by atoms with van der Waals surface area (Å²) in [7, 11) is 1.63. The van der Waals surface area contributed by atoms with E-state index in [2.05, 4.69) is 11.5 Å². The lowest BCUT2D eigenvalue weighted by atomic mass is 9.89. The second-order valence-electron chi connectivity index (χ2n) is 3.41. The SMILES string of the molecule is CNC(=O)C1(C)CCN(C#N)C1. The summed E-state index contributed by atoms with van der Waals surface area (Å²) in [6, 6.07) is 0. The van der Waals surface area contributed by atoms with Gasteiger partial charge in [-0.25, -0.2) is 0 Å². The van der Waals surface area contributed by atoms with Crippen molar-refractivity contribution in [1.29, 1.82) is 5.26 Å². The van der Waals surface area contributed by atoms with E-state index in [1.165, 1.54) is 0 Å². The zero-order valence-corrected chi connectivity index (χ0v) is 7.42. The topological polar surface area (TPSA) is 56.1 Å². The Hall–Kier alpha value is -1.24. The van der Waals surface area contributed by atoms with Crippen molar-refractivity contribution in [3.8, 4) is 6.19 Å². The molecule has 1 N–H and O–H groups in total. The molecule has 1 fully saturated rings. The van der Waals surface area contributed by atoms with Crippen LogP contribution < -0.4 is 5.32 Å². The predicted molar refractivity (Wildman–Crippen MR) is 44.0 cm³/mol. The number of rotatable bonds is 1. The Morgan fingerprint density at radius 2 is 2.42 bits per heavy atom. The highest BCUT2D eigenvalue weighted by Crippen LogP contribution is 2.29. The van der Waals surface area contributed by atoms with Crippen molar-refractivity contribution in [3.63, 3.8) is 0 Å². The van der Waals surface area contributed by atoms with E-state index in [0.717, 1.165) is 6.42 Å². The number of likely N-dealkylation sites (tertiary alicyclic amines) is 1. The van der Waals surface area contributed by atoms with Gasteiger partial charge in [0, 0.05) is 20.1 Å². The number of hydrogen-bond donors (Lipinski definition) is 1. The van der Waals surface area contributed by atoms with Crippen molar-refractivity contribution in [2.24, 2.45) is 5.41 Å². The Morgan fingerprint density at radius 3 is 2.83 bits per heavy atom. The molecule has 0 spiro atoms. The van der Waals surface area contributed by atoms with E-state index in [-0.39, 0.29) is 11.3 Å². The van der Waals surface area contributed by atoms with Crippen LogP contribution >= 0.6 is 0 Å². The van der Waals surface area contributed by atoms with Crippen LogP contribution in [0.4, 0.5) is 0 Å². The first-order chi connectivity index (χ1) is 5.62. The summed E-state index contributed by atoms with van der Waals surface area (Å²) in [4.78, 5) is 13.0. The quantitative estimate of drug-likeness (QED) is 0.556. The molecule has 4 nitrogen and oxygen atoms in total. The van der Waals surface area contributed by atoms with Crippen LogP contribution in [0.15, 0.2) is 0 Å². The monoisotopic (exact) mass is 167 g/mol. The van der Waals surface area contributed by atoms with Crippen molar-refractivity contribution in [3.05, 3.63) is 0 Å². The standard InChI is InChI=1S/C8H13N3O/c1-8(7(12)10-2)3-4-11(5-8)6-9/h3-5H2,1-2H3,(H,10,12). The van der Waals surface area contributed by atoms with E-state index in [1.807, 2.05) is 6.92 Å². The lowest BCUT2D eigenvalue weighted by molar-refractivity contribution is -0.128. The third kappa shape index (κ3) is 1.35. The molecule has 1 amide bonds. The molecule has 0 radical (unpaired) electrons. The minimum atomic E-state index is -0.371.